The number of carboxylic acids is 1. The van der Waals surface area contributed by atoms with Gasteiger partial charge in [-0.3, -0.25) is 4.79 Å². The van der Waals surface area contributed by atoms with Crippen molar-refractivity contribution < 1.29 is 14.6 Å². The van der Waals surface area contributed by atoms with E-state index in [1.807, 2.05) is 19.9 Å². The lowest BCUT2D eigenvalue weighted by Crippen LogP contribution is -2.30. The molecule has 26 heavy (non-hydrogen) atoms. The second kappa shape index (κ2) is 6.99. The van der Waals surface area contributed by atoms with Crippen LogP contribution in [0.25, 0.3) is 10.9 Å². The average Bonchev–Trinajstić information content (AvgIpc) is 3.11. The number of pyridine rings is 1. The zero-order valence-electron chi connectivity index (χ0n) is 15.4. The summed E-state index contributed by atoms with van der Waals surface area (Å²) in [5.41, 5.74) is 6.87. The van der Waals surface area contributed by atoms with Crippen LogP contribution in [0.2, 0.25) is 0 Å². The molecule has 1 aliphatic heterocycles. The Kier molecular flexibility index (Phi) is 4.91. The molecule has 0 bridgehead atoms. The van der Waals surface area contributed by atoms with E-state index in [2.05, 4.69) is 4.90 Å². The van der Waals surface area contributed by atoms with Gasteiger partial charge in [-0.25, -0.2) is 4.79 Å². The molecular weight excluding hydrogens is 334 g/mol. The summed E-state index contributed by atoms with van der Waals surface area (Å²) in [5.74, 6) is -0.205. The topological polar surface area (TPSA) is 97.8 Å². The Hall–Kier alpha value is -2.54. The lowest BCUT2D eigenvalue weighted by Gasteiger charge is -2.24. The summed E-state index contributed by atoms with van der Waals surface area (Å²) in [6, 6.07) is 3.67. The minimum absolute atomic E-state index is 0.124. The first kappa shape index (κ1) is 18.3. The van der Waals surface area contributed by atoms with Crippen LogP contribution < -0.4 is 20.8 Å². The van der Waals surface area contributed by atoms with Gasteiger partial charge in [0.15, 0.2) is 5.75 Å². The van der Waals surface area contributed by atoms with Gasteiger partial charge in [0.2, 0.25) is 5.43 Å². The van der Waals surface area contributed by atoms with Gasteiger partial charge in [-0.1, -0.05) is 0 Å². The second-order valence-electron chi connectivity index (χ2n) is 6.83. The van der Waals surface area contributed by atoms with Gasteiger partial charge in [-0.15, -0.1) is 0 Å². The average molecular weight is 359 g/mol. The van der Waals surface area contributed by atoms with Crippen molar-refractivity contribution in [3.8, 4) is 5.75 Å². The smallest absolute Gasteiger partial charge is 0.341 e. The lowest BCUT2D eigenvalue weighted by atomic mass is 10.0. The van der Waals surface area contributed by atoms with Crippen molar-refractivity contribution in [2.24, 2.45) is 11.7 Å². The minimum atomic E-state index is -1.22. The number of rotatable bonds is 5. The summed E-state index contributed by atoms with van der Waals surface area (Å²) in [6.07, 6.45) is 2.41. The quantitative estimate of drug-likeness (QED) is 0.846. The Morgan fingerprint density at radius 3 is 2.73 bits per heavy atom. The summed E-state index contributed by atoms with van der Waals surface area (Å²) in [7, 11) is 1.58. The molecule has 2 unspecified atom stereocenters. The molecule has 1 saturated heterocycles. The zero-order chi connectivity index (χ0) is 19.0. The number of aromatic nitrogens is 1. The van der Waals surface area contributed by atoms with E-state index in [0.717, 1.165) is 25.2 Å². The maximum absolute atomic E-state index is 12.6. The van der Waals surface area contributed by atoms with E-state index in [1.54, 1.807) is 17.7 Å². The van der Waals surface area contributed by atoms with Crippen molar-refractivity contribution >= 4 is 22.6 Å². The maximum Gasteiger partial charge on any atom is 0.341 e. The largest absolute Gasteiger partial charge is 0.492 e. The molecule has 1 aliphatic rings. The van der Waals surface area contributed by atoms with Gasteiger partial charge in [0.05, 0.1) is 23.7 Å². The van der Waals surface area contributed by atoms with Crippen LogP contribution in [0.15, 0.2) is 23.1 Å². The van der Waals surface area contributed by atoms with Crippen LogP contribution in [0.4, 0.5) is 5.69 Å². The summed E-state index contributed by atoms with van der Waals surface area (Å²) >= 11 is 0. The van der Waals surface area contributed by atoms with Crippen molar-refractivity contribution in [3.05, 3.63) is 34.1 Å². The lowest BCUT2D eigenvalue weighted by molar-refractivity contribution is 0.0695. The van der Waals surface area contributed by atoms with E-state index in [0.29, 0.717) is 29.1 Å². The van der Waals surface area contributed by atoms with E-state index in [1.165, 1.54) is 6.20 Å². The monoisotopic (exact) mass is 359 g/mol. The molecule has 0 radical (unpaired) electrons. The molecule has 2 atom stereocenters. The third-order valence-corrected chi connectivity index (χ3v) is 5.26. The molecule has 3 rings (SSSR count). The highest BCUT2D eigenvalue weighted by Gasteiger charge is 2.28. The Morgan fingerprint density at radius 1 is 1.46 bits per heavy atom. The maximum atomic E-state index is 12.6. The SMILES string of the molecule is CCn1cc(C(=O)O)c(=O)c2ccc(N3CCC(C(C)N)C3)c(OC)c21. The first-order chi connectivity index (χ1) is 12.4. The molecule has 7 nitrogen and oxygen atoms in total. The Morgan fingerprint density at radius 2 is 2.19 bits per heavy atom. The predicted molar refractivity (Wildman–Crippen MR) is 101 cm³/mol. The summed E-state index contributed by atoms with van der Waals surface area (Å²) in [5, 5.41) is 9.67. The van der Waals surface area contributed by atoms with Crippen molar-refractivity contribution in [3.63, 3.8) is 0 Å². The van der Waals surface area contributed by atoms with E-state index in [9.17, 15) is 14.7 Å². The minimum Gasteiger partial charge on any atom is -0.492 e. The Bertz CT molecular complexity index is 904. The molecule has 0 saturated carbocycles. The third-order valence-electron chi connectivity index (χ3n) is 5.26. The highest BCUT2D eigenvalue weighted by Crippen LogP contribution is 2.38. The fourth-order valence-electron chi connectivity index (χ4n) is 3.74. The number of nitrogens with zero attached hydrogens (tertiary/aromatic N) is 2. The number of aromatic carboxylic acids is 1. The van der Waals surface area contributed by atoms with Crippen molar-refractivity contribution in [1.29, 1.82) is 0 Å². The van der Waals surface area contributed by atoms with Gasteiger partial charge < -0.3 is 25.0 Å². The van der Waals surface area contributed by atoms with Crippen molar-refractivity contribution in [2.75, 3.05) is 25.1 Å². The second-order valence-corrected chi connectivity index (χ2v) is 6.83. The molecule has 3 N–H and O–H groups in total. The highest BCUT2D eigenvalue weighted by molar-refractivity contribution is 5.96. The number of nitrogens with two attached hydrogens (primary N) is 1. The molecule has 2 heterocycles. The number of carbonyl (C=O) groups is 1. The summed E-state index contributed by atoms with van der Waals surface area (Å²) in [4.78, 5) is 26.2. The van der Waals surface area contributed by atoms with Gasteiger partial charge in [-0.2, -0.15) is 0 Å². The van der Waals surface area contributed by atoms with Gasteiger partial charge in [0, 0.05) is 31.9 Å². The molecule has 1 aromatic carbocycles. The zero-order valence-corrected chi connectivity index (χ0v) is 15.4. The number of ether oxygens (including phenoxy) is 1. The van der Waals surface area contributed by atoms with Gasteiger partial charge in [0.1, 0.15) is 5.56 Å². The Labute approximate surface area is 152 Å². The molecular formula is C19H25N3O4. The number of fused-ring (bicyclic) bond motifs is 1. The number of benzene rings is 1. The number of anilines is 1. The predicted octanol–water partition coefficient (Wildman–Crippen LogP) is 1.90. The van der Waals surface area contributed by atoms with Crippen LogP contribution in [-0.4, -0.2) is 41.9 Å². The van der Waals surface area contributed by atoms with Crippen LogP contribution in [0.5, 0.6) is 5.75 Å². The molecule has 7 heteroatoms. The first-order valence-corrected chi connectivity index (χ1v) is 8.87. The van der Waals surface area contributed by atoms with Crippen LogP contribution in [0, 0.1) is 5.92 Å². The number of hydrogen-bond donors (Lipinski definition) is 2. The molecule has 0 aliphatic carbocycles. The van der Waals surface area contributed by atoms with E-state index < -0.39 is 11.4 Å². The summed E-state index contributed by atoms with van der Waals surface area (Å²) in [6.45, 7) is 6.16. The first-order valence-electron chi connectivity index (χ1n) is 8.87. The van der Waals surface area contributed by atoms with Crippen LogP contribution in [0.1, 0.15) is 30.6 Å². The van der Waals surface area contributed by atoms with Crippen LogP contribution >= 0.6 is 0 Å². The normalized spacial score (nSPS) is 18.3. The molecule has 0 amide bonds. The fraction of sp³-hybridized carbons (Fsp3) is 0.474. The van der Waals surface area contributed by atoms with Gasteiger partial charge in [0.25, 0.3) is 0 Å². The fourth-order valence-corrected chi connectivity index (χ4v) is 3.74. The summed E-state index contributed by atoms with van der Waals surface area (Å²) < 4.78 is 7.45. The van der Waals surface area contributed by atoms with E-state index in [4.69, 9.17) is 10.5 Å². The van der Waals surface area contributed by atoms with E-state index in [-0.39, 0.29) is 11.6 Å². The number of methoxy groups -OCH3 is 1. The standard InChI is InChI=1S/C19H25N3O4/c1-4-21-10-14(19(24)25)17(23)13-5-6-15(18(26-3)16(13)21)22-8-7-12(9-22)11(2)20/h5-6,10-12H,4,7-9,20H2,1-3H3,(H,24,25). The molecule has 1 fully saturated rings. The number of carboxylic acid groups (broad SMARTS) is 1. The van der Waals surface area contributed by atoms with Crippen molar-refractivity contribution in [2.45, 2.75) is 32.9 Å². The van der Waals surface area contributed by atoms with E-state index >= 15 is 0 Å². The van der Waals surface area contributed by atoms with Gasteiger partial charge >= 0.3 is 5.97 Å². The van der Waals surface area contributed by atoms with Crippen LogP contribution in [0.3, 0.4) is 0 Å². The molecule has 0 spiro atoms. The van der Waals surface area contributed by atoms with Crippen LogP contribution in [-0.2, 0) is 6.54 Å². The molecule has 140 valence electrons. The highest BCUT2D eigenvalue weighted by atomic mass is 16.5. The van der Waals surface area contributed by atoms with Gasteiger partial charge in [-0.05, 0) is 38.3 Å². The molecule has 2 aromatic rings. The number of hydrogen-bond acceptors (Lipinski definition) is 5. The third kappa shape index (κ3) is 2.92. The molecule has 1 aromatic heterocycles. The number of aryl methyl sites for hydroxylation is 1. The van der Waals surface area contributed by atoms with Crippen molar-refractivity contribution in [1.82, 2.24) is 4.57 Å². The Balaban J connectivity index is 2.21.